The summed E-state index contributed by atoms with van der Waals surface area (Å²) in [5.41, 5.74) is 1.78. The van der Waals surface area contributed by atoms with Gasteiger partial charge in [-0.25, -0.2) is 4.98 Å². The SMILES string of the molecule is Clc1cncc(NCC2(Cc3ccccc3)CC2)n1. The molecule has 1 aliphatic rings. The van der Waals surface area contributed by atoms with Gasteiger partial charge in [-0.1, -0.05) is 41.9 Å². The van der Waals surface area contributed by atoms with Gasteiger partial charge in [-0.3, -0.25) is 4.98 Å². The lowest BCUT2D eigenvalue weighted by Crippen LogP contribution is -2.18. The Bertz CT molecular complexity index is 552. The number of rotatable bonds is 5. The minimum atomic E-state index is 0.380. The molecule has 19 heavy (non-hydrogen) atoms. The van der Waals surface area contributed by atoms with Crippen LogP contribution in [0.15, 0.2) is 42.7 Å². The van der Waals surface area contributed by atoms with E-state index in [2.05, 4.69) is 45.6 Å². The molecule has 1 aromatic heterocycles. The van der Waals surface area contributed by atoms with Crippen molar-refractivity contribution < 1.29 is 0 Å². The number of hydrogen-bond donors (Lipinski definition) is 1. The topological polar surface area (TPSA) is 37.8 Å². The summed E-state index contributed by atoms with van der Waals surface area (Å²) in [4.78, 5) is 8.24. The summed E-state index contributed by atoms with van der Waals surface area (Å²) in [6.07, 6.45) is 6.91. The van der Waals surface area contributed by atoms with Crippen LogP contribution in [0.5, 0.6) is 0 Å². The first-order chi connectivity index (χ1) is 9.26. The number of nitrogens with zero attached hydrogens (tertiary/aromatic N) is 2. The molecule has 0 aliphatic heterocycles. The van der Waals surface area contributed by atoms with Crippen molar-refractivity contribution in [1.82, 2.24) is 9.97 Å². The summed E-state index contributed by atoms with van der Waals surface area (Å²) >= 11 is 5.83. The van der Waals surface area contributed by atoms with E-state index in [1.54, 1.807) is 12.4 Å². The molecule has 0 saturated heterocycles. The van der Waals surface area contributed by atoms with Gasteiger partial charge < -0.3 is 5.32 Å². The average Bonchev–Trinajstić information content (AvgIpc) is 3.18. The van der Waals surface area contributed by atoms with E-state index >= 15 is 0 Å². The third-order valence-electron chi connectivity index (χ3n) is 3.63. The number of nitrogens with one attached hydrogen (secondary N) is 1. The lowest BCUT2D eigenvalue weighted by Gasteiger charge is -2.16. The van der Waals surface area contributed by atoms with Crippen molar-refractivity contribution in [2.45, 2.75) is 19.3 Å². The van der Waals surface area contributed by atoms with Crippen LogP contribution in [0.2, 0.25) is 5.15 Å². The molecule has 1 saturated carbocycles. The van der Waals surface area contributed by atoms with Gasteiger partial charge in [0.05, 0.1) is 12.4 Å². The maximum atomic E-state index is 5.83. The average molecular weight is 274 g/mol. The Balaban J connectivity index is 1.60. The number of aromatic nitrogens is 2. The molecule has 1 aromatic carbocycles. The van der Waals surface area contributed by atoms with E-state index < -0.39 is 0 Å². The van der Waals surface area contributed by atoms with Crippen LogP contribution in [-0.2, 0) is 6.42 Å². The highest BCUT2D eigenvalue weighted by Crippen LogP contribution is 2.48. The fourth-order valence-electron chi connectivity index (χ4n) is 2.33. The molecule has 1 heterocycles. The number of benzene rings is 1. The van der Waals surface area contributed by atoms with Crippen LogP contribution >= 0.6 is 11.6 Å². The van der Waals surface area contributed by atoms with Crippen molar-refractivity contribution >= 4 is 17.4 Å². The lowest BCUT2D eigenvalue weighted by atomic mass is 9.96. The molecule has 0 unspecified atom stereocenters. The molecule has 1 N–H and O–H groups in total. The van der Waals surface area contributed by atoms with Crippen LogP contribution in [0.3, 0.4) is 0 Å². The molecule has 2 aromatic rings. The van der Waals surface area contributed by atoms with Gasteiger partial charge in [0.2, 0.25) is 0 Å². The molecule has 3 nitrogen and oxygen atoms in total. The highest BCUT2D eigenvalue weighted by Gasteiger charge is 2.42. The predicted molar refractivity (Wildman–Crippen MR) is 77.3 cm³/mol. The van der Waals surface area contributed by atoms with E-state index in [1.165, 1.54) is 18.4 Å². The van der Waals surface area contributed by atoms with E-state index in [9.17, 15) is 0 Å². The quantitative estimate of drug-likeness (QED) is 0.905. The smallest absolute Gasteiger partial charge is 0.149 e. The monoisotopic (exact) mass is 273 g/mol. The predicted octanol–water partition coefficient (Wildman–Crippen LogP) is 3.56. The Morgan fingerprint density at radius 1 is 1.16 bits per heavy atom. The van der Waals surface area contributed by atoms with Gasteiger partial charge in [-0.2, -0.15) is 0 Å². The minimum Gasteiger partial charge on any atom is -0.368 e. The van der Waals surface area contributed by atoms with Crippen molar-refractivity contribution in [2.75, 3.05) is 11.9 Å². The molecule has 98 valence electrons. The molecule has 0 bridgehead atoms. The molecule has 0 amide bonds. The van der Waals surface area contributed by atoms with E-state index in [-0.39, 0.29) is 0 Å². The summed E-state index contributed by atoms with van der Waals surface area (Å²) in [7, 11) is 0. The van der Waals surface area contributed by atoms with Crippen molar-refractivity contribution in [2.24, 2.45) is 5.41 Å². The third kappa shape index (κ3) is 3.24. The van der Waals surface area contributed by atoms with Crippen LogP contribution in [0, 0.1) is 5.41 Å². The number of hydrogen-bond acceptors (Lipinski definition) is 3. The van der Waals surface area contributed by atoms with Gasteiger partial charge in [-0.05, 0) is 30.2 Å². The zero-order valence-corrected chi connectivity index (χ0v) is 11.4. The fraction of sp³-hybridized carbons (Fsp3) is 0.333. The van der Waals surface area contributed by atoms with Crippen molar-refractivity contribution in [3.05, 3.63) is 53.4 Å². The van der Waals surface area contributed by atoms with E-state index in [0.717, 1.165) is 18.8 Å². The molecular formula is C15H16ClN3. The molecule has 3 rings (SSSR count). The van der Waals surface area contributed by atoms with Crippen molar-refractivity contribution in [3.63, 3.8) is 0 Å². The van der Waals surface area contributed by atoms with Gasteiger partial charge in [0.1, 0.15) is 11.0 Å². The van der Waals surface area contributed by atoms with Gasteiger partial charge >= 0.3 is 0 Å². The third-order valence-corrected chi connectivity index (χ3v) is 3.81. The summed E-state index contributed by atoms with van der Waals surface area (Å²) in [5, 5.41) is 3.78. The molecule has 1 fully saturated rings. The Morgan fingerprint density at radius 3 is 2.63 bits per heavy atom. The molecule has 0 radical (unpaired) electrons. The summed E-state index contributed by atoms with van der Waals surface area (Å²) in [6, 6.07) is 10.6. The van der Waals surface area contributed by atoms with Crippen LogP contribution < -0.4 is 5.32 Å². The molecule has 0 spiro atoms. The Kier molecular flexibility index (Phi) is 3.38. The normalized spacial score (nSPS) is 16.1. The molecule has 4 heteroatoms. The van der Waals surface area contributed by atoms with Gasteiger partial charge in [-0.15, -0.1) is 0 Å². The lowest BCUT2D eigenvalue weighted by molar-refractivity contribution is 0.537. The Morgan fingerprint density at radius 2 is 1.95 bits per heavy atom. The molecule has 0 atom stereocenters. The molecular weight excluding hydrogens is 258 g/mol. The summed E-state index contributed by atoms with van der Waals surface area (Å²) in [6.45, 7) is 0.927. The second kappa shape index (κ2) is 5.17. The second-order valence-corrected chi connectivity index (χ2v) is 5.63. The maximum Gasteiger partial charge on any atom is 0.149 e. The minimum absolute atomic E-state index is 0.380. The van der Waals surface area contributed by atoms with E-state index in [0.29, 0.717) is 10.6 Å². The highest BCUT2D eigenvalue weighted by atomic mass is 35.5. The first kappa shape index (κ1) is 12.4. The van der Waals surface area contributed by atoms with Gasteiger partial charge in [0, 0.05) is 6.54 Å². The van der Waals surface area contributed by atoms with Gasteiger partial charge in [0.25, 0.3) is 0 Å². The van der Waals surface area contributed by atoms with E-state index in [4.69, 9.17) is 11.6 Å². The molecule has 1 aliphatic carbocycles. The Labute approximate surface area is 118 Å². The van der Waals surface area contributed by atoms with Crippen LogP contribution in [-0.4, -0.2) is 16.5 Å². The Hall–Kier alpha value is -1.61. The first-order valence-corrected chi connectivity index (χ1v) is 6.89. The maximum absolute atomic E-state index is 5.83. The van der Waals surface area contributed by atoms with Gasteiger partial charge in [0.15, 0.2) is 0 Å². The fourth-order valence-corrected chi connectivity index (χ4v) is 2.47. The van der Waals surface area contributed by atoms with Crippen LogP contribution in [0.25, 0.3) is 0 Å². The summed E-state index contributed by atoms with van der Waals surface area (Å²) < 4.78 is 0. The first-order valence-electron chi connectivity index (χ1n) is 6.51. The second-order valence-electron chi connectivity index (χ2n) is 5.24. The van der Waals surface area contributed by atoms with E-state index in [1.807, 2.05) is 0 Å². The van der Waals surface area contributed by atoms with Crippen LogP contribution in [0.4, 0.5) is 5.82 Å². The standard InChI is InChI=1S/C15H16ClN3/c16-13-9-17-10-14(19-13)18-11-15(6-7-15)8-12-4-2-1-3-5-12/h1-5,9-10H,6-8,11H2,(H,18,19). The highest BCUT2D eigenvalue weighted by molar-refractivity contribution is 6.29. The van der Waals surface area contributed by atoms with Crippen LogP contribution in [0.1, 0.15) is 18.4 Å². The zero-order valence-electron chi connectivity index (χ0n) is 10.6. The number of halogens is 1. The van der Waals surface area contributed by atoms with Crippen molar-refractivity contribution in [1.29, 1.82) is 0 Å². The zero-order chi connectivity index (χ0) is 13.1. The largest absolute Gasteiger partial charge is 0.368 e. The number of anilines is 1. The summed E-state index contributed by atoms with van der Waals surface area (Å²) in [5.74, 6) is 0.756. The van der Waals surface area contributed by atoms with Crippen molar-refractivity contribution in [3.8, 4) is 0 Å².